The van der Waals surface area contributed by atoms with Crippen molar-refractivity contribution in [1.29, 1.82) is 0 Å². The van der Waals surface area contributed by atoms with Crippen molar-refractivity contribution in [1.82, 2.24) is 15.0 Å². The van der Waals surface area contributed by atoms with E-state index in [-0.39, 0.29) is 6.04 Å². The monoisotopic (exact) mass is 274 g/mol. The molecule has 106 valence electrons. The molecule has 7 heteroatoms. The first-order chi connectivity index (χ1) is 9.65. The smallest absolute Gasteiger partial charge is 0.216 e. The molecule has 1 fully saturated rings. The topological polar surface area (TPSA) is 102 Å². The van der Waals surface area contributed by atoms with Crippen LogP contribution in [0.5, 0.6) is 0 Å². The summed E-state index contributed by atoms with van der Waals surface area (Å²) in [6.07, 6.45) is 3.99. The lowest BCUT2D eigenvalue weighted by Gasteiger charge is -2.13. The van der Waals surface area contributed by atoms with Crippen molar-refractivity contribution >= 4 is 11.6 Å². The van der Waals surface area contributed by atoms with E-state index in [2.05, 4.69) is 25.7 Å². The van der Waals surface area contributed by atoms with Crippen molar-refractivity contribution in [2.24, 2.45) is 5.84 Å². The van der Waals surface area contributed by atoms with E-state index < -0.39 is 0 Å². The van der Waals surface area contributed by atoms with Gasteiger partial charge in [0.05, 0.1) is 6.20 Å². The van der Waals surface area contributed by atoms with Gasteiger partial charge in [0, 0.05) is 12.0 Å². The predicted octanol–water partition coefficient (Wildman–Crippen LogP) is 2.11. The zero-order valence-corrected chi connectivity index (χ0v) is 11.6. The average molecular weight is 274 g/mol. The molecule has 0 amide bonds. The molecule has 1 aliphatic carbocycles. The Bertz CT molecular complexity index is 607. The zero-order chi connectivity index (χ0) is 14.1. The van der Waals surface area contributed by atoms with Gasteiger partial charge in [-0.1, -0.05) is 0 Å². The Labute approximate surface area is 117 Å². The van der Waals surface area contributed by atoms with Crippen molar-refractivity contribution in [3.8, 4) is 0 Å². The first kappa shape index (κ1) is 12.9. The van der Waals surface area contributed by atoms with E-state index in [1.807, 2.05) is 13.8 Å². The number of nitrogens with two attached hydrogens (primary N) is 1. The standard InChI is InChI=1S/C13H18N6O/c1-7-6-15-13(20-7)8(2)16-10-5-11(19-14)18-12(17-10)9-3-4-9/h5-6,8-9H,3-4,14H2,1-2H3,(H2,16,17,18,19). The molecule has 20 heavy (non-hydrogen) atoms. The molecule has 4 N–H and O–H groups in total. The summed E-state index contributed by atoms with van der Waals surface area (Å²) in [5, 5.41) is 3.27. The maximum atomic E-state index is 5.51. The van der Waals surface area contributed by atoms with Crippen LogP contribution in [0.15, 0.2) is 16.7 Å². The van der Waals surface area contributed by atoms with Gasteiger partial charge in [0.2, 0.25) is 5.89 Å². The van der Waals surface area contributed by atoms with E-state index in [1.165, 1.54) is 0 Å². The third-order valence-corrected chi connectivity index (χ3v) is 3.21. The van der Waals surface area contributed by atoms with Crippen LogP contribution in [0, 0.1) is 6.92 Å². The Morgan fingerprint density at radius 2 is 2.10 bits per heavy atom. The Kier molecular flexibility index (Phi) is 3.27. The molecule has 7 nitrogen and oxygen atoms in total. The van der Waals surface area contributed by atoms with E-state index in [9.17, 15) is 0 Å². The summed E-state index contributed by atoms with van der Waals surface area (Å²) >= 11 is 0. The number of nitrogens with one attached hydrogen (secondary N) is 2. The maximum absolute atomic E-state index is 5.51. The number of aromatic nitrogens is 3. The van der Waals surface area contributed by atoms with Gasteiger partial charge in [-0.05, 0) is 26.7 Å². The number of hydrogen-bond donors (Lipinski definition) is 3. The van der Waals surface area contributed by atoms with Gasteiger partial charge in [0.25, 0.3) is 0 Å². The fourth-order valence-corrected chi connectivity index (χ4v) is 1.99. The van der Waals surface area contributed by atoms with E-state index >= 15 is 0 Å². The van der Waals surface area contributed by atoms with Gasteiger partial charge in [0.15, 0.2) is 0 Å². The van der Waals surface area contributed by atoms with Crippen LogP contribution in [0.4, 0.5) is 11.6 Å². The molecule has 2 aromatic heterocycles. The number of nitrogen functional groups attached to an aromatic ring is 1. The van der Waals surface area contributed by atoms with E-state index in [1.54, 1.807) is 12.3 Å². The summed E-state index contributed by atoms with van der Waals surface area (Å²) in [6.45, 7) is 3.84. The number of anilines is 2. The van der Waals surface area contributed by atoms with Crippen LogP contribution in [0.25, 0.3) is 0 Å². The number of oxazole rings is 1. The van der Waals surface area contributed by atoms with Crippen molar-refractivity contribution < 1.29 is 4.42 Å². The summed E-state index contributed by atoms with van der Waals surface area (Å²) in [4.78, 5) is 13.1. The lowest BCUT2D eigenvalue weighted by molar-refractivity contribution is 0.453. The highest BCUT2D eigenvalue weighted by atomic mass is 16.4. The molecule has 0 bridgehead atoms. The van der Waals surface area contributed by atoms with Crippen molar-refractivity contribution in [3.05, 3.63) is 29.7 Å². The van der Waals surface area contributed by atoms with Crippen molar-refractivity contribution in [2.45, 2.75) is 38.6 Å². The minimum absolute atomic E-state index is 0.0729. The van der Waals surface area contributed by atoms with Gasteiger partial charge in [0.1, 0.15) is 29.3 Å². The van der Waals surface area contributed by atoms with Gasteiger partial charge in [-0.25, -0.2) is 20.8 Å². The lowest BCUT2D eigenvalue weighted by atomic mass is 10.3. The minimum Gasteiger partial charge on any atom is -0.444 e. The Hall–Kier alpha value is -2.15. The Morgan fingerprint density at radius 3 is 2.70 bits per heavy atom. The van der Waals surface area contributed by atoms with Crippen LogP contribution in [0.3, 0.4) is 0 Å². The van der Waals surface area contributed by atoms with Gasteiger partial charge in [-0.2, -0.15) is 0 Å². The molecule has 1 aliphatic rings. The second-order valence-corrected chi connectivity index (χ2v) is 5.09. The first-order valence-corrected chi connectivity index (χ1v) is 6.70. The molecule has 0 radical (unpaired) electrons. The number of hydrazine groups is 1. The fraction of sp³-hybridized carbons (Fsp3) is 0.462. The second-order valence-electron chi connectivity index (χ2n) is 5.09. The molecule has 0 aliphatic heterocycles. The highest BCUT2D eigenvalue weighted by Crippen LogP contribution is 2.39. The highest BCUT2D eigenvalue weighted by molar-refractivity contribution is 5.48. The SMILES string of the molecule is Cc1cnc(C(C)Nc2cc(NN)nc(C3CC3)n2)o1. The maximum Gasteiger partial charge on any atom is 0.216 e. The molecule has 1 saturated carbocycles. The van der Waals surface area contributed by atoms with Crippen LogP contribution in [0.2, 0.25) is 0 Å². The molecule has 0 spiro atoms. The van der Waals surface area contributed by atoms with Crippen molar-refractivity contribution in [3.63, 3.8) is 0 Å². The third-order valence-electron chi connectivity index (χ3n) is 3.21. The minimum atomic E-state index is -0.0729. The summed E-state index contributed by atoms with van der Waals surface area (Å²) in [6, 6.07) is 1.70. The van der Waals surface area contributed by atoms with Crippen LogP contribution in [-0.2, 0) is 0 Å². The second kappa shape index (κ2) is 5.09. The highest BCUT2D eigenvalue weighted by Gasteiger charge is 2.27. The number of hydrogen-bond acceptors (Lipinski definition) is 7. The summed E-state index contributed by atoms with van der Waals surface area (Å²) in [5.74, 6) is 9.51. The molecule has 3 rings (SSSR count). The summed E-state index contributed by atoms with van der Waals surface area (Å²) < 4.78 is 5.51. The molecule has 2 aromatic rings. The summed E-state index contributed by atoms with van der Waals surface area (Å²) in [7, 11) is 0. The van der Waals surface area contributed by atoms with E-state index in [4.69, 9.17) is 10.3 Å². The molecule has 1 unspecified atom stereocenters. The van der Waals surface area contributed by atoms with Crippen LogP contribution in [0.1, 0.15) is 49.2 Å². The first-order valence-electron chi connectivity index (χ1n) is 6.70. The number of nitrogens with zero attached hydrogens (tertiary/aromatic N) is 3. The molecular formula is C13H18N6O. The molecule has 2 heterocycles. The molecule has 0 aromatic carbocycles. The molecule has 0 saturated heterocycles. The Balaban J connectivity index is 1.80. The van der Waals surface area contributed by atoms with Crippen LogP contribution >= 0.6 is 0 Å². The molecular weight excluding hydrogens is 256 g/mol. The quantitative estimate of drug-likeness (QED) is 0.567. The molecule has 1 atom stereocenters. The lowest BCUT2D eigenvalue weighted by Crippen LogP contribution is -2.13. The van der Waals surface area contributed by atoms with Gasteiger partial charge < -0.3 is 15.2 Å². The summed E-state index contributed by atoms with van der Waals surface area (Å²) in [5.41, 5.74) is 2.58. The zero-order valence-electron chi connectivity index (χ0n) is 11.6. The fourth-order valence-electron chi connectivity index (χ4n) is 1.99. The Morgan fingerprint density at radius 1 is 1.35 bits per heavy atom. The number of aryl methyl sites for hydroxylation is 1. The normalized spacial score (nSPS) is 15.9. The van der Waals surface area contributed by atoms with E-state index in [0.717, 1.165) is 30.2 Å². The predicted molar refractivity (Wildman–Crippen MR) is 75.1 cm³/mol. The van der Waals surface area contributed by atoms with Crippen LogP contribution < -0.4 is 16.6 Å². The van der Waals surface area contributed by atoms with Gasteiger partial charge >= 0.3 is 0 Å². The number of rotatable bonds is 5. The third kappa shape index (κ3) is 2.72. The van der Waals surface area contributed by atoms with Gasteiger partial charge in [-0.3, -0.25) is 0 Å². The van der Waals surface area contributed by atoms with E-state index in [0.29, 0.717) is 17.6 Å². The largest absolute Gasteiger partial charge is 0.444 e. The van der Waals surface area contributed by atoms with Gasteiger partial charge in [-0.15, -0.1) is 0 Å². The average Bonchev–Trinajstić information content (AvgIpc) is 3.20. The van der Waals surface area contributed by atoms with Crippen molar-refractivity contribution in [2.75, 3.05) is 10.7 Å². The van der Waals surface area contributed by atoms with Crippen LogP contribution in [-0.4, -0.2) is 15.0 Å².